The van der Waals surface area contributed by atoms with Crippen LogP contribution in [0.15, 0.2) is 34.7 Å². The molecular formula is C13H14ClNO. The molecule has 0 amide bonds. The van der Waals surface area contributed by atoms with E-state index in [-0.39, 0.29) is 5.38 Å². The van der Waals surface area contributed by atoms with Crippen LogP contribution in [-0.4, -0.2) is 4.98 Å². The van der Waals surface area contributed by atoms with Gasteiger partial charge in [0.25, 0.3) is 0 Å². The van der Waals surface area contributed by atoms with Crippen molar-refractivity contribution in [3.63, 3.8) is 0 Å². The quantitative estimate of drug-likeness (QED) is 0.745. The van der Waals surface area contributed by atoms with Crippen molar-refractivity contribution in [3.8, 4) is 11.3 Å². The van der Waals surface area contributed by atoms with Gasteiger partial charge in [0.1, 0.15) is 5.38 Å². The Morgan fingerprint density at radius 3 is 2.56 bits per heavy atom. The molecule has 1 atom stereocenters. The maximum absolute atomic E-state index is 5.98. The zero-order valence-corrected chi connectivity index (χ0v) is 10.2. The Labute approximate surface area is 100 Å². The van der Waals surface area contributed by atoms with Crippen molar-refractivity contribution in [2.45, 2.75) is 25.6 Å². The first-order valence-corrected chi connectivity index (χ1v) is 5.85. The Bertz CT molecular complexity index is 462. The molecule has 1 heterocycles. The van der Waals surface area contributed by atoms with Gasteiger partial charge in [-0.2, -0.15) is 0 Å². The van der Waals surface area contributed by atoms with Crippen LogP contribution < -0.4 is 0 Å². The minimum absolute atomic E-state index is 0.192. The second kappa shape index (κ2) is 4.71. The van der Waals surface area contributed by atoms with Crippen LogP contribution in [0, 0.1) is 0 Å². The smallest absolute Gasteiger partial charge is 0.212 e. The lowest BCUT2D eigenvalue weighted by Crippen LogP contribution is -1.86. The van der Waals surface area contributed by atoms with E-state index in [9.17, 15) is 0 Å². The number of aromatic nitrogens is 1. The van der Waals surface area contributed by atoms with Gasteiger partial charge in [-0.1, -0.05) is 37.3 Å². The predicted molar refractivity (Wildman–Crippen MR) is 65.6 cm³/mol. The molecular weight excluding hydrogens is 222 g/mol. The molecule has 1 aromatic carbocycles. The average Bonchev–Trinajstić information content (AvgIpc) is 2.74. The standard InChI is InChI=1S/C13H14ClNO/c1-3-11-12(10-7-5-4-6-8-10)16-13(15-11)9(2)14/h4-9H,3H2,1-2H3/t9-/m1/s1. The van der Waals surface area contributed by atoms with Gasteiger partial charge in [0, 0.05) is 5.56 Å². The number of hydrogen-bond acceptors (Lipinski definition) is 2. The molecule has 0 bridgehead atoms. The number of alkyl halides is 1. The van der Waals surface area contributed by atoms with Crippen LogP contribution >= 0.6 is 11.6 Å². The highest BCUT2D eigenvalue weighted by molar-refractivity contribution is 6.20. The van der Waals surface area contributed by atoms with Crippen LogP contribution in [0.1, 0.15) is 30.8 Å². The molecule has 0 saturated carbocycles. The maximum atomic E-state index is 5.98. The van der Waals surface area contributed by atoms with Gasteiger partial charge in [0.05, 0.1) is 5.69 Å². The first-order chi connectivity index (χ1) is 7.72. The third kappa shape index (κ3) is 2.12. The summed E-state index contributed by atoms with van der Waals surface area (Å²) < 4.78 is 5.71. The zero-order chi connectivity index (χ0) is 11.5. The molecule has 0 radical (unpaired) electrons. The highest BCUT2D eigenvalue weighted by Crippen LogP contribution is 2.29. The summed E-state index contributed by atoms with van der Waals surface area (Å²) in [5.74, 6) is 1.43. The van der Waals surface area contributed by atoms with Gasteiger partial charge < -0.3 is 4.42 Å². The van der Waals surface area contributed by atoms with Crippen LogP contribution in [0.3, 0.4) is 0 Å². The summed E-state index contributed by atoms with van der Waals surface area (Å²) in [6.07, 6.45) is 0.845. The molecule has 16 heavy (non-hydrogen) atoms. The highest BCUT2D eigenvalue weighted by atomic mass is 35.5. The summed E-state index contributed by atoms with van der Waals surface area (Å²) in [5.41, 5.74) is 2.02. The minimum atomic E-state index is -0.192. The Kier molecular flexibility index (Phi) is 3.30. The Morgan fingerprint density at radius 1 is 1.31 bits per heavy atom. The average molecular weight is 236 g/mol. The van der Waals surface area contributed by atoms with Crippen molar-refractivity contribution >= 4 is 11.6 Å². The molecule has 84 valence electrons. The highest BCUT2D eigenvalue weighted by Gasteiger charge is 2.16. The third-order valence-electron chi connectivity index (χ3n) is 2.43. The van der Waals surface area contributed by atoms with Crippen molar-refractivity contribution in [1.82, 2.24) is 4.98 Å². The number of hydrogen-bond donors (Lipinski definition) is 0. The van der Waals surface area contributed by atoms with Gasteiger partial charge in [0.2, 0.25) is 5.89 Å². The molecule has 2 rings (SSSR count). The fourth-order valence-corrected chi connectivity index (χ4v) is 1.69. The number of halogens is 1. The topological polar surface area (TPSA) is 26.0 Å². The molecule has 0 unspecified atom stereocenters. The number of rotatable bonds is 3. The number of benzene rings is 1. The second-order valence-corrected chi connectivity index (χ2v) is 4.32. The number of nitrogens with zero attached hydrogens (tertiary/aromatic N) is 1. The Balaban J connectivity index is 2.48. The molecule has 2 aromatic rings. The monoisotopic (exact) mass is 235 g/mol. The van der Waals surface area contributed by atoms with Crippen LogP contribution in [0.4, 0.5) is 0 Å². The zero-order valence-electron chi connectivity index (χ0n) is 9.40. The lowest BCUT2D eigenvalue weighted by atomic mass is 10.1. The summed E-state index contributed by atoms with van der Waals surface area (Å²) >= 11 is 5.98. The van der Waals surface area contributed by atoms with E-state index in [1.54, 1.807) is 0 Å². The molecule has 3 heteroatoms. The van der Waals surface area contributed by atoms with E-state index in [2.05, 4.69) is 11.9 Å². The normalized spacial score (nSPS) is 12.7. The van der Waals surface area contributed by atoms with E-state index in [1.807, 2.05) is 37.3 Å². The summed E-state index contributed by atoms with van der Waals surface area (Å²) in [7, 11) is 0. The van der Waals surface area contributed by atoms with Crippen molar-refractivity contribution < 1.29 is 4.42 Å². The largest absolute Gasteiger partial charge is 0.439 e. The predicted octanol–water partition coefficient (Wildman–Crippen LogP) is 4.20. The van der Waals surface area contributed by atoms with Crippen LogP contribution in [0.2, 0.25) is 0 Å². The van der Waals surface area contributed by atoms with E-state index in [0.29, 0.717) is 5.89 Å². The van der Waals surface area contributed by atoms with E-state index < -0.39 is 0 Å². The molecule has 0 fully saturated rings. The van der Waals surface area contributed by atoms with E-state index in [1.165, 1.54) is 0 Å². The van der Waals surface area contributed by atoms with E-state index in [0.717, 1.165) is 23.4 Å². The van der Waals surface area contributed by atoms with Gasteiger partial charge in [-0.3, -0.25) is 0 Å². The van der Waals surface area contributed by atoms with Gasteiger partial charge >= 0.3 is 0 Å². The SMILES string of the molecule is CCc1nc([C@@H](C)Cl)oc1-c1ccccc1. The molecule has 0 saturated heterocycles. The van der Waals surface area contributed by atoms with E-state index >= 15 is 0 Å². The maximum Gasteiger partial charge on any atom is 0.212 e. The molecule has 0 aliphatic heterocycles. The fraction of sp³-hybridized carbons (Fsp3) is 0.308. The summed E-state index contributed by atoms with van der Waals surface area (Å²) in [5, 5.41) is -0.192. The first kappa shape index (κ1) is 11.2. The van der Waals surface area contributed by atoms with Gasteiger partial charge in [-0.05, 0) is 13.3 Å². The van der Waals surface area contributed by atoms with Gasteiger partial charge in [0.15, 0.2) is 5.76 Å². The fourth-order valence-electron chi connectivity index (χ4n) is 1.59. The van der Waals surface area contributed by atoms with Crippen molar-refractivity contribution in [3.05, 3.63) is 41.9 Å². The van der Waals surface area contributed by atoms with Crippen molar-refractivity contribution in [2.75, 3.05) is 0 Å². The summed E-state index contributed by atoms with van der Waals surface area (Å²) in [6, 6.07) is 9.99. The summed E-state index contributed by atoms with van der Waals surface area (Å²) in [6.45, 7) is 3.93. The second-order valence-electron chi connectivity index (χ2n) is 3.66. The van der Waals surface area contributed by atoms with Crippen LogP contribution in [-0.2, 0) is 6.42 Å². The van der Waals surface area contributed by atoms with Crippen LogP contribution in [0.5, 0.6) is 0 Å². The molecule has 0 spiro atoms. The lowest BCUT2D eigenvalue weighted by Gasteiger charge is -1.98. The number of aryl methyl sites for hydroxylation is 1. The summed E-state index contributed by atoms with van der Waals surface area (Å²) in [4.78, 5) is 4.41. The van der Waals surface area contributed by atoms with Crippen LogP contribution in [0.25, 0.3) is 11.3 Å². The van der Waals surface area contributed by atoms with Gasteiger partial charge in [-0.15, -0.1) is 11.6 Å². The third-order valence-corrected chi connectivity index (χ3v) is 2.61. The Hall–Kier alpha value is -1.28. The minimum Gasteiger partial charge on any atom is -0.439 e. The Morgan fingerprint density at radius 2 is 2.00 bits per heavy atom. The molecule has 0 N–H and O–H groups in total. The molecule has 2 nitrogen and oxygen atoms in total. The lowest BCUT2D eigenvalue weighted by molar-refractivity contribution is 0.508. The van der Waals surface area contributed by atoms with Crippen molar-refractivity contribution in [2.24, 2.45) is 0 Å². The van der Waals surface area contributed by atoms with Gasteiger partial charge in [-0.25, -0.2) is 4.98 Å². The molecule has 0 aliphatic carbocycles. The van der Waals surface area contributed by atoms with Crippen molar-refractivity contribution in [1.29, 1.82) is 0 Å². The molecule has 1 aromatic heterocycles. The first-order valence-electron chi connectivity index (χ1n) is 5.41. The number of oxazole rings is 1. The molecule has 0 aliphatic rings. The van der Waals surface area contributed by atoms with E-state index in [4.69, 9.17) is 16.0 Å².